The van der Waals surface area contributed by atoms with Crippen LogP contribution in [0.15, 0.2) is 30.5 Å². The molecular weight excluding hydrogens is 314 g/mol. The van der Waals surface area contributed by atoms with Crippen LogP contribution in [0.3, 0.4) is 0 Å². The monoisotopic (exact) mass is 343 g/mol. The molecule has 5 nitrogen and oxygen atoms in total. The van der Waals surface area contributed by atoms with Crippen molar-refractivity contribution in [2.45, 2.75) is 38.6 Å². The minimum Gasteiger partial charge on any atom is -0.379 e. The molecule has 0 spiro atoms. The molecule has 5 heteroatoms. The van der Waals surface area contributed by atoms with Gasteiger partial charge in [0.25, 0.3) is 0 Å². The van der Waals surface area contributed by atoms with Gasteiger partial charge in [-0.25, -0.2) is 0 Å². The van der Waals surface area contributed by atoms with Gasteiger partial charge in [0.1, 0.15) is 0 Å². The zero-order valence-electron chi connectivity index (χ0n) is 15.3. The topological polar surface area (TPSA) is 57.4 Å². The van der Waals surface area contributed by atoms with Crippen LogP contribution in [-0.2, 0) is 16.0 Å². The number of hydrogen-bond acceptors (Lipinski definition) is 3. The Balaban J connectivity index is 1.42. The smallest absolute Gasteiger partial charge is 0.220 e. The number of nitrogens with zero attached hydrogens (tertiary/aromatic N) is 1. The largest absolute Gasteiger partial charge is 0.379 e. The number of morpholine rings is 1. The number of ether oxygens (including phenoxy) is 1. The van der Waals surface area contributed by atoms with Crippen molar-refractivity contribution in [3.63, 3.8) is 0 Å². The molecule has 0 atom stereocenters. The van der Waals surface area contributed by atoms with Gasteiger partial charge in [-0.1, -0.05) is 18.2 Å². The molecule has 1 fully saturated rings. The van der Waals surface area contributed by atoms with Crippen molar-refractivity contribution in [2.24, 2.45) is 0 Å². The molecule has 1 aliphatic heterocycles. The van der Waals surface area contributed by atoms with E-state index in [0.29, 0.717) is 13.0 Å². The first-order valence-corrected chi connectivity index (χ1v) is 9.21. The maximum absolute atomic E-state index is 12.2. The molecular formula is C20H29N3O2. The maximum Gasteiger partial charge on any atom is 0.220 e. The molecule has 1 aromatic carbocycles. The third-order valence-corrected chi connectivity index (χ3v) is 5.11. The van der Waals surface area contributed by atoms with Gasteiger partial charge in [-0.15, -0.1) is 0 Å². The number of H-pyrrole nitrogens is 1. The van der Waals surface area contributed by atoms with Crippen LogP contribution in [0.2, 0.25) is 0 Å². The first-order chi connectivity index (χ1) is 12.1. The zero-order valence-corrected chi connectivity index (χ0v) is 15.3. The van der Waals surface area contributed by atoms with Crippen LogP contribution in [0, 0.1) is 0 Å². The molecule has 1 amide bonds. The van der Waals surface area contributed by atoms with E-state index >= 15 is 0 Å². The van der Waals surface area contributed by atoms with Crippen molar-refractivity contribution >= 4 is 16.8 Å². The highest BCUT2D eigenvalue weighted by Crippen LogP contribution is 2.19. The SMILES string of the molecule is CC(C)(CNC(=O)CCCc1c[nH]c2ccccc12)N1CCOCC1. The van der Waals surface area contributed by atoms with E-state index in [0.717, 1.165) is 44.7 Å². The Morgan fingerprint density at radius 3 is 2.84 bits per heavy atom. The van der Waals surface area contributed by atoms with Crippen LogP contribution in [0.4, 0.5) is 0 Å². The minimum absolute atomic E-state index is 0.0315. The number of benzene rings is 1. The van der Waals surface area contributed by atoms with Crippen LogP contribution in [-0.4, -0.2) is 54.2 Å². The summed E-state index contributed by atoms with van der Waals surface area (Å²) >= 11 is 0. The average molecular weight is 343 g/mol. The molecule has 3 rings (SSSR count). The minimum atomic E-state index is -0.0315. The number of aromatic amines is 1. The Kier molecular flexibility index (Phi) is 5.76. The molecule has 1 aliphatic rings. The molecule has 2 N–H and O–H groups in total. The lowest BCUT2D eigenvalue weighted by Crippen LogP contribution is -2.55. The van der Waals surface area contributed by atoms with Gasteiger partial charge in [0.2, 0.25) is 5.91 Å². The molecule has 2 aromatic rings. The summed E-state index contributed by atoms with van der Waals surface area (Å²) in [5, 5.41) is 4.37. The molecule has 0 aliphatic carbocycles. The van der Waals surface area contributed by atoms with Crippen molar-refractivity contribution in [2.75, 3.05) is 32.8 Å². The average Bonchev–Trinajstić information content (AvgIpc) is 3.04. The van der Waals surface area contributed by atoms with E-state index in [2.05, 4.69) is 53.4 Å². The highest BCUT2D eigenvalue weighted by atomic mass is 16.5. The van der Waals surface area contributed by atoms with Gasteiger partial charge < -0.3 is 15.0 Å². The summed E-state index contributed by atoms with van der Waals surface area (Å²) < 4.78 is 5.41. The fourth-order valence-corrected chi connectivity index (χ4v) is 3.46. The molecule has 0 bridgehead atoms. The van der Waals surface area contributed by atoms with Crippen molar-refractivity contribution in [3.8, 4) is 0 Å². The highest BCUT2D eigenvalue weighted by molar-refractivity contribution is 5.83. The number of carbonyl (C=O) groups is 1. The second-order valence-electron chi connectivity index (χ2n) is 7.40. The molecule has 136 valence electrons. The third kappa shape index (κ3) is 4.61. The van der Waals surface area contributed by atoms with Gasteiger partial charge in [-0.05, 0) is 38.3 Å². The van der Waals surface area contributed by atoms with Crippen molar-refractivity contribution < 1.29 is 9.53 Å². The number of amides is 1. The molecule has 25 heavy (non-hydrogen) atoms. The van der Waals surface area contributed by atoms with Crippen LogP contribution >= 0.6 is 0 Å². The second-order valence-corrected chi connectivity index (χ2v) is 7.40. The fraction of sp³-hybridized carbons (Fsp3) is 0.550. The van der Waals surface area contributed by atoms with Crippen LogP contribution < -0.4 is 5.32 Å². The third-order valence-electron chi connectivity index (χ3n) is 5.11. The molecule has 1 saturated heterocycles. The summed E-state index contributed by atoms with van der Waals surface area (Å²) in [7, 11) is 0. The summed E-state index contributed by atoms with van der Waals surface area (Å²) in [6.07, 6.45) is 4.42. The van der Waals surface area contributed by atoms with Crippen LogP contribution in [0.25, 0.3) is 10.9 Å². The van der Waals surface area contributed by atoms with Gasteiger partial charge >= 0.3 is 0 Å². The Morgan fingerprint density at radius 1 is 1.28 bits per heavy atom. The molecule has 0 saturated carbocycles. The second kappa shape index (κ2) is 8.02. The number of carbonyl (C=O) groups excluding carboxylic acids is 1. The van der Waals surface area contributed by atoms with E-state index in [1.54, 1.807) is 0 Å². The van der Waals surface area contributed by atoms with E-state index in [9.17, 15) is 4.79 Å². The molecule has 0 unspecified atom stereocenters. The number of aromatic nitrogens is 1. The highest BCUT2D eigenvalue weighted by Gasteiger charge is 2.28. The van der Waals surface area contributed by atoms with Crippen LogP contribution in [0.1, 0.15) is 32.3 Å². The fourth-order valence-electron chi connectivity index (χ4n) is 3.46. The molecule has 1 aromatic heterocycles. The van der Waals surface area contributed by atoms with Crippen molar-refractivity contribution in [1.29, 1.82) is 0 Å². The van der Waals surface area contributed by atoms with E-state index < -0.39 is 0 Å². The zero-order chi connectivity index (χ0) is 17.7. The predicted octanol–water partition coefficient (Wildman–Crippen LogP) is 2.72. The standard InChI is InChI=1S/C20H29N3O2/c1-20(2,23-10-12-25-13-11-23)15-22-19(24)9-5-6-16-14-21-18-8-4-3-7-17(16)18/h3-4,7-8,14,21H,5-6,9-13,15H2,1-2H3,(H,22,24). The van der Waals surface area contributed by atoms with Crippen molar-refractivity contribution in [3.05, 3.63) is 36.0 Å². The number of fused-ring (bicyclic) bond motifs is 1. The van der Waals surface area contributed by atoms with E-state index in [1.165, 1.54) is 10.9 Å². The van der Waals surface area contributed by atoms with E-state index in [-0.39, 0.29) is 11.4 Å². The number of rotatable bonds is 7. The predicted molar refractivity (Wildman–Crippen MR) is 101 cm³/mol. The summed E-state index contributed by atoms with van der Waals surface area (Å²) in [6, 6.07) is 8.30. The normalized spacial score (nSPS) is 16.2. The Morgan fingerprint density at radius 2 is 2.04 bits per heavy atom. The van der Waals surface area contributed by atoms with Gasteiger partial charge in [-0.2, -0.15) is 0 Å². The first kappa shape index (κ1) is 18.0. The number of para-hydroxylation sites is 1. The van der Waals surface area contributed by atoms with E-state index in [4.69, 9.17) is 4.74 Å². The summed E-state index contributed by atoms with van der Waals surface area (Å²) in [5.74, 6) is 0.140. The van der Waals surface area contributed by atoms with Crippen LogP contribution in [0.5, 0.6) is 0 Å². The summed E-state index contributed by atoms with van der Waals surface area (Å²) in [5.41, 5.74) is 2.42. The molecule has 2 heterocycles. The number of nitrogens with one attached hydrogen (secondary N) is 2. The number of aryl methyl sites for hydroxylation is 1. The Labute approximate surface area is 149 Å². The lowest BCUT2D eigenvalue weighted by atomic mass is 10.0. The first-order valence-electron chi connectivity index (χ1n) is 9.21. The maximum atomic E-state index is 12.2. The van der Waals surface area contributed by atoms with Gasteiger partial charge in [-0.3, -0.25) is 9.69 Å². The lowest BCUT2D eigenvalue weighted by molar-refractivity contribution is -0.122. The van der Waals surface area contributed by atoms with Gasteiger partial charge in [0.15, 0.2) is 0 Å². The summed E-state index contributed by atoms with van der Waals surface area (Å²) in [4.78, 5) is 17.9. The number of hydrogen-bond donors (Lipinski definition) is 2. The Hall–Kier alpha value is -1.85. The quantitative estimate of drug-likeness (QED) is 0.813. The molecule has 0 radical (unpaired) electrons. The van der Waals surface area contributed by atoms with Crippen molar-refractivity contribution in [1.82, 2.24) is 15.2 Å². The van der Waals surface area contributed by atoms with Gasteiger partial charge in [0.05, 0.1) is 13.2 Å². The van der Waals surface area contributed by atoms with E-state index in [1.807, 2.05) is 6.07 Å². The Bertz CT molecular complexity index is 702. The summed E-state index contributed by atoms with van der Waals surface area (Å²) in [6.45, 7) is 8.48. The lowest BCUT2D eigenvalue weighted by Gasteiger charge is -2.40. The van der Waals surface area contributed by atoms with Gasteiger partial charge in [0, 0.05) is 48.7 Å².